The zero-order chi connectivity index (χ0) is 21.1. The molecule has 1 N–H and O–H groups in total. The Kier molecular flexibility index (Phi) is 6.09. The molecule has 1 fully saturated rings. The molecule has 0 atom stereocenters. The summed E-state index contributed by atoms with van der Waals surface area (Å²) >= 11 is 12.3. The van der Waals surface area contributed by atoms with Crippen LogP contribution in [0.5, 0.6) is 0 Å². The molecule has 30 heavy (non-hydrogen) atoms. The third kappa shape index (κ3) is 4.21. The van der Waals surface area contributed by atoms with Crippen molar-refractivity contribution in [2.24, 2.45) is 0 Å². The summed E-state index contributed by atoms with van der Waals surface area (Å²) in [5.74, 6) is 0.0552. The Morgan fingerprint density at radius 1 is 1.13 bits per heavy atom. The van der Waals surface area contributed by atoms with E-state index in [9.17, 15) is 9.18 Å². The molecule has 0 bridgehead atoms. The van der Waals surface area contributed by atoms with Crippen LogP contribution in [-0.4, -0.2) is 28.9 Å². The number of nitrogens with one attached hydrogen (secondary N) is 1. The molecule has 1 aromatic heterocycles. The Morgan fingerprint density at radius 3 is 2.57 bits per heavy atom. The van der Waals surface area contributed by atoms with Crippen LogP contribution in [-0.2, 0) is 21.5 Å². The van der Waals surface area contributed by atoms with Gasteiger partial charge >= 0.3 is 0 Å². The second-order valence-electron chi connectivity index (χ2n) is 7.27. The molecular weight excluding hydrogens is 428 g/mol. The molecule has 1 saturated heterocycles. The monoisotopic (exact) mass is 447 g/mol. The molecule has 3 aromatic rings. The highest BCUT2D eigenvalue weighted by Gasteiger charge is 2.42. The minimum Gasteiger partial charge on any atom is -0.381 e. The number of nitrogens with zero attached hydrogens (tertiary/aromatic N) is 2. The average molecular weight is 448 g/mol. The summed E-state index contributed by atoms with van der Waals surface area (Å²) in [4.78, 5) is 13.4. The first-order valence-corrected chi connectivity index (χ1v) is 10.3. The first-order valence-electron chi connectivity index (χ1n) is 9.59. The van der Waals surface area contributed by atoms with Crippen LogP contribution in [0, 0.1) is 5.82 Å². The standard InChI is InChI=1S/C22H20Cl2FN3O2/c23-17-4-1-15(19(24)13-17)14-28-20(7-10-26-28)27-21(29)22(8-11-30-12-9-22)16-2-5-18(25)6-3-16/h1-7,10,13H,8-9,11-12,14H2,(H,27,29). The van der Waals surface area contributed by atoms with Gasteiger partial charge in [0.25, 0.3) is 0 Å². The van der Waals surface area contributed by atoms with Gasteiger partial charge in [0.05, 0.1) is 18.2 Å². The van der Waals surface area contributed by atoms with Crippen LogP contribution >= 0.6 is 23.2 Å². The fourth-order valence-electron chi connectivity index (χ4n) is 3.75. The maximum Gasteiger partial charge on any atom is 0.236 e. The number of amides is 1. The minimum atomic E-state index is -0.793. The van der Waals surface area contributed by atoms with Crippen molar-refractivity contribution in [3.63, 3.8) is 0 Å². The second-order valence-corrected chi connectivity index (χ2v) is 8.11. The topological polar surface area (TPSA) is 56.2 Å². The van der Waals surface area contributed by atoms with Gasteiger partial charge in [-0.25, -0.2) is 9.07 Å². The highest BCUT2D eigenvalue weighted by molar-refractivity contribution is 6.35. The summed E-state index contributed by atoms with van der Waals surface area (Å²) in [6, 6.07) is 13.1. The molecule has 0 radical (unpaired) electrons. The molecule has 0 saturated carbocycles. The third-order valence-electron chi connectivity index (χ3n) is 5.47. The number of rotatable bonds is 5. The lowest BCUT2D eigenvalue weighted by Gasteiger charge is -2.36. The van der Waals surface area contributed by atoms with Crippen molar-refractivity contribution in [2.75, 3.05) is 18.5 Å². The van der Waals surface area contributed by atoms with Crippen molar-refractivity contribution in [2.45, 2.75) is 24.8 Å². The van der Waals surface area contributed by atoms with Crippen molar-refractivity contribution >= 4 is 34.9 Å². The lowest BCUT2D eigenvalue weighted by atomic mass is 9.73. The van der Waals surface area contributed by atoms with Gasteiger partial charge < -0.3 is 10.1 Å². The van der Waals surface area contributed by atoms with Crippen LogP contribution in [0.15, 0.2) is 54.7 Å². The van der Waals surface area contributed by atoms with Crippen molar-refractivity contribution in [3.05, 3.63) is 81.7 Å². The maximum absolute atomic E-state index is 13.4. The van der Waals surface area contributed by atoms with Crippen molar-refractivity contribution < 1.29 is 13.9 Å². The van der Waals surface area contributed by atoms with E-state index in [2.05, 4.69) is 10.4 Å². The molecule has 0 spiro atoms. The Morgan fingerprint density at radius 2 is 1.87 bits per heavy atom. The third-order valence-corrected chi connectivity index (χ3v) is 6.06. The summed E-state index contributed by atoms with van der Waals surface area (Å²) in [6.45, 7) is 1.31. The molecule has 5 nitrogen and oxygen atoms in total. The molecule has 0 unspecified atom stereocenters. The van der Waals surface area contributed by atoms with Crippen LogP contribution in [0.3, 0.4) is 0 Å². The summed E-state index contributed by atoms with van der Waals surface area (Å²) in [5.41, 5.74) is 0.815. The lowest BCUT2D eigenvalue weighted by molar-refractivity contribution is -0.125. The largest absolute Gasteiger partial charge is 0.381 e. The molecule has 156 valence electrons. The molecular formula is C22H20Cl2FN3O2. The Balaban J connectivity index is 1.59. The number of halogens is 3. The Bertz CT molecular complexity index is 1050. The van der Waals surface area contributed by atoms with E-state index in [-0.39, 0.29) is 11.7 Å². The second kappa shape index (κ2) is 8.76. The van der Waals surface area contributed by atoms with Crippen LogP contribution in [0.4, 0.5) is 10.2 Å². The predicted molar refractivity (Wildman–Crippen MR) is 115 cm³/mol. The number of hydrogen-bond donors (Lipinski definition) is 1. The van der Waals surface area contributed by atoms with Crippen LogP contribution in [0.1, 0.15) is 24.0 Å². The number of aromatic nitrogens is 2. The summed E-state index contributed by atoms with van der Waals surface area (Å²) < 4.78 is 20.6. The Hall–Kier alpha value is -2.41. The summed E-state index contributed by atoms with van der Waals surface area (Å²) in [6.07, 6.45) is 2.65. The van der Waals surface area contributed by atoms with Gasteiger partial charge in [0.15, 0.2) is 0 Å². The van der Waals surface area contributed by atoms with E-state index in [1.807, 2.05) is 6.07 Å². The summed E-state index contributed by atoms with van der Waals surface area (Å²) in [7, 11) is 0. The van der Waals surface area contributed by atoms with E-state index in [0.29, 0.717) is 48.5 Å². The molecule has 2 aromatic carbocycles. The molecule has 0 aliphatic carbocycles. The SMILES string of the molecule is O=C(Nc1ccnn1Cc1ccc(Cl)cc1Cl)C1(c2ccc(F)cc2)CCOCC1. The van der Waals surface area contributed by atoms with Crippen molar-refractivity contribution in [3.8, 4) is 0 Å². The molecule has 8 heteroatoms. The van der Waals surface area contributed by atoms with Crippen LogP contribution in [0.25, 0.3) is 0 Å². The van der Waals surface area contributed by atoms with Gasteiger partial charge in [-0.15, -0.1) is 0 Å². The Labute approximate surface area is 183 Å². The van der Waals surface area contributed by atoms with Gasteiger partial charge in [0, 0.05) is 29.3 Å². The zero-order valence-electron chi connectivity index (χ0n) is 16.1. The molecule has 1 aliphatic rings. The smallest absolute Gasteiger partial charge is 0.236 e. The first-order chi connectivity index (χ1) is 14.5. The van der Waals surface area contributed by atoms with E-state index < -0.39 is 5.41 Å². The quantitative estimate of drug-likeness (QED) is 0.594. The summed E-state index contributed by atoms with van der Waals surface area (Å²) in [5, 5.41) is 8.41. The van der Waals surface area contributed by atoms with Gasteiger partial charge in [0.2, 0.25) is 5.91 Å². The fraction of sp³-hybridized carbons (Fsp3) is 0.273. The predicted octanol–water partition coefficient (Wildman–Crippen LogP) is 5.06. The zero-order valence-corrected chi connectivity index (χ0v) is 17.6. The highest BCUT2D eigenvalue weighted by atomic mass is 35.5. The number of anilines is 1. The van der Waals surface area contributed by atoms with Gasteiger partial charge in [0.1, 0.15) is 11.6 Å². The molecule has 2 heterocycles. The average Bonchev–Trinajstić information content (AvgIpc) is 3.17. The van der Waals surface area contributed by atoms with E-state index >= 15 is 0 Å². The number of benzene rings is 2. The highest BCUT2D eigenvalue weighted by Crippen LogP contribution is 2.36. The van der Waals surface area contributed by atoms with E-state index in [4.69, 9.17) is 27.9 Å². The molecule has 1 aliphatic heterocycles. The maximum atomic E-state index is 13.4. The normalized spacial score (nSPS) is 15.7. The lowest BCUT2D eigenvalue weighted by Crippen LogP contribution is -2.45. The van der Waals surface area contributed by atoms with E-state index in [1.54, 1.807) is 41.2 Å². The van der Waals surface area contributed by atoms with Crippen LogP contribution < -0.4 is 5.32 Å². The number of ether oxygens (including phenoxy) is 1. The van der Waals surface area contributed by atoms with Gasteiger partial charge in [-0.1, -0.05) is 41.4 Å². The van der Waals surface area contributed by atoms with Gasteiger partial charge in [-0.2, -0.15) is 5.10 Å². The van der Waals surface area contributed by atoms with Gasteiger partial charge in [-0.3, -0.25) is 4.79 Å². The number of carbonyl (C=O) groups excluding carboxylic acids is 1. The first kappa shape index (κ1) is 20.8. The number of carbonyl (C=O) groups is 1. The molecule has 4 rings (SSSR count). The van der Waals surface area contributed by atoms with Gasteiger partial charge in [-0.05, 0) is 48.2 Å². The van der Waals surface area contributed by atoms with E-state index in [0.717, 1.165) is 11.1 Å². The van der Waals surface area contributed by atoms with Crippen molar-refractivity contribution in [1.82, 2.24) is 9.78 Å². The molecule has 1 amide bonds. The number of hydrogen-bond acceptors (Lipinski definition) is 3. The van der Waals surface area contributed by atoms with Crippen molar-refractivity contribution in [1.29, 1.82) is 0 Å². The minimum absolute atomic E-state index is 0.165. The van der Waals surface area contributed by atoms with E-state index in [1.165, 1.54) is 12.1 Å². The fourth-order valence-corrected chi connectivity index (χ4v) is 4.22. The van der Waals surface area contributed by atoms with Crippen LogP contribution in [0.2, 0.25) is 10.0 Å².